The summed E-state index contributed by atoms with van der Waals surface area (Å²) in [6, 6.07) is 13.0. The predicted octanol–water partition coefficient (Wildman–Crippen LogP) is 6.72. The molecule has 2 aromatic carbocycles. The number of benzene rings is 2. The van der Waals surface area contributed by atoms with Crippen LogP contribution in [0.5, 0.6) is 0 Å². The van der Waals surface area contributed by atoms with E-state index in [1.165, 1.54) is 0 Å². The van der Waals surface area contributed by atoms with Gasteiger partial charge in [-0.05, 0) is 61.3 Å². The number of aryl methyl sites for hydroxylation is 1. The third-order valence-electron chi connectivity index (χ3n) is 6.95. The van der Waals surface area contributed by atoms with Crippen molar-refractivity contribution in [1.82, 2.24) is 0 Å². The van der Waals surface area contributed by atoms with E-state index in [-0.39, 0.29) is 24.8 Å². The average molecular weight is 549 g/mol. The van der Waals surface area contributed by atoms with Gasteiger partial charge in [0, 0.05) is 32.2 Å². The molecule has 6 nitrogen and oxygen atoms in total. The SMILES string of the molecule is Cc1ccc(CC(=O)Nc2cc(C(CCC(F)(F)F)CC(=O)O)ccc2N(CC(C)C)C2CCOCC2)cc1. The highest BCUT2D eigenvalue weighted by molar-refractivity contribution is 5.96. The lowest BCUT2D eigenvalue weighted by Crippen LogP contribution is -2.42. The van der Waals surface area contributed by atoms with E-state index in [2.05, 4.69) is 24.1 Å². The number of carboxylic acids is 1. The number of aliphatic carboxylic acids is 1. The average Bonchev–Trinajstić information content (AvgIpc) is 2.86. The summed E-state index contributed by atoms with van der Waals surface area (Å²) in [6.45, 7) is 8.16. The molecule has 2 aromatic rings. The van der Waals surface area contributed by atoms with Crippen LogP contribution >= 0.6 is 0 Å². The summed E-state index contributed by atoms with van der Waals surface area (Å²) in [5, 5.41) is 12.4. The van der Waals surface area contributed by atoms with Crippen molar-refractivity contribution in [2.24, 2.45) is 5.92 Å². The van der Waals surface area contributed by atoms with E-state index in [1.807, 2.05) is 37.3 Å². The summed E-state index contributed by atoms with van der Waals surface area (Å²) in [5.74, 6) is -1.94. The Hall–Kier alpha value is -3.07. The van der Waals surface area contributed by atoms with Gasteiger partial charge in [-0.3, -0.25) is 9.59 Å². The molecule has 1 atom stereocenters. The van der Waals surface area contributed by atoms with Crippen molar-refractivity contribution in [3.05, 3.63) is 59.2 Å². The number of alkyl halides is 3. The lowest BCUT2D eigenvalue weighted by molar-refractivity contribution is -0.142. The smallest absolute Gasteiger partial charge is 0.389 e. The largest absolute Gasteiger partial charge is 0.481 e. The van der Waals surface area contributed by atoms with E-state index < -0.39 is 30.9 Å². The molecule has 1 saturated heterocycles. The van der Waals surface area contributed by atoms with Gasteiger partial charge in [-0.15, -0.1) is 0 Å². The summed E-state index contributed by atoms with van der Waals surface area (Å²) in [6.07, 6.45) is -4.47. The normalized spacial score (nSPS) is 15.3. The molecular formula is C30H39F3N2O4. The van der Waals surface area contributed by atoms with E-state index in [0.29, 0.717) is 30.4 Å². The number of amides is 1. The molecule has 1 aliphatic heterocycles. The van der Waals surface area contributed by atoms with Crippen LogP contribution in [0.1, 0.15) is 68.6 Å². The molecule has 214 valence electrons. The number of nitrogens with zero attached hydrogens (tertiary/aromatic N) is 1. The number of nitrogens with one attached hydrogen (secondary N) is 1. The van der Waals surface area contributed by atoms with Crippen molar-refractivity contribution in [1.29, 1.82) is 0 Å². The Labute approximate surface area is 228 Å². The minimum Gasteiger partial charge on any atom is -0.481 e. The summed E-state index contributed by atoms with van der Waals surface area (Å²) in [4.78, 5) is 26.9. The first-order chi connectivity index (χ1) is 18.4. The Balaban J connectivity index is 1.99. The zero-order chi connectivity index (χ0) is 28.6. The second-order valence-electron chi connectivity index (χ2n) is 10.8. The van der Waals surface area contributed by atoms with Crippen LogP contribution in [0.3, 0.4) is 0 Å². The maximum absolute atomic E-state index is 13.2. The second-order valence-corrected chi connectivity index (χ2v) is 10.8. The first-order valence-electron chi connectivity index (χ1n) is 13.5. The maximum Gasteiger partial charge on any atom is 0.389 e. The number of ether oxygens (including phenoxy) is 1. The van der Waals surface area contributed by atoms with Crippen LogP contribution in [0, 0.1) is 12.8 Å². The van der Waals surface area contributed by atoms with Crippen molar-refractivity contribution in [2.45, 2.75) is 77.4 Å². The molecule has 39 heavy (non-hydrogen) atoms. The Kier molecular flexibility index (Phi) is 10.8. The van der Waals surface area contributed by atoms with Crippen molar-refractivity contribution >= 4 is 23.3 Å². The van der Waals surface area contributed by atoms with Gasteiger partial charge in [-0.25, -0.2) is 0 Å². The highest BCUT2D eigenvalue weighted by Gasteiger charge is 2.31. The van der Waals surface area contributed by atoms with Gasteiger partial charge < -0.3 is 20.1 Å². The maximum atomic E-state index is 13.2. The Morgan fingerprint density at radius 2 is 1.77 bits per heavy atom. The number of carbonyl (C=O) groups excluding carboxylic acids is 1. The van der Waals surface area contributed by atoms with Crippen LogP contribution in [0.2, 0.25) is 0 Å². The second kappa shape index (κ2) is 13.8. The van der Waals surface area contributed by atoms with Gasteiger partial charge in [0.2, 0.25) is 5.91 Å². The molecule has 0 bridgehead atoms. The van der Waals surface area contributed by atoms with E-state index in [9.17, 15) is 27.9 Å². The molecule has 1 fully saturated rings. The van der Waals surface area contributed by atoms with Gasteiger partial charge in [0.25, 0.3) is 0 Å². The van der Waals surface area contributed by atoms with Gasteiger partial charge in [0.15, 0.2) is 0 Å². The number of halogens is 3. The molecule has 1 unspecified atom stereocenters. The molecule has 0 aliphatic carbocycles. The summed E-state index contributed by atoms with van der Waals surface area (Å²) >= 11 is 0. The number of rotatable bonds is 12. The van der Waals surface area contributed by atoms with Gasteiger partial charge in [0.1, 0.15) is 0 Å². The zero-order valence-corrected chi connectivity index (χ0v) is 22.9. The molecule has 0 spiro atoms. The molecule has 1 aliphatic rings. The number of carboxylic acid groups (broad SMARTS) is 1. The number of hydrogen-bond donors (Lipinski definition) is 2. The Morgan fingerprint density at radius 1 is 1.10 bits per heavy atom. The van der Waals surface area contributed by atoms with Gasteiger partial charge in [0.05, 0.1) is 24.2 Å². The third kappa shape index (κ3) is 9.88. The quantitative estimate of drug-likeness (QED) is 0.308. The van der Waals surface area contributed by atoms with Crippen molar-refractivity contribution in [3.8, 4) is 0 Å². The van der Waals surface area contributed by atoms with E-state index in [0.717, 1.165) is 36.2 Å². The summed E-state index contributed by atoms with van der Waals surface area (Å²) in [7, 11) is 0. The van der Waals surface area contributed by atoms with Crippen LogP contribution in [0.25, 0.3) is 0 Å². The van der Waals surface area contributed by atoms with Gasteiger partial charge in [-0.2, -0.15) is 13.2 Å². The van der Waals surface area contributed by atoms with Gasteiger partial charge in [-0.1, -0.05) is 49.7 Å². The highest BCUT2D eigenvalue weighted by atomic mass is 19.4. The fourth-order valence-electron chi connectivity index (χ4n) is 5.01. The van der Waals surface area contributed by atoms with Crippen molar-refractivity contribution < 1.29 is 32.6 Å². The van der Waals surface area contributed by atoms with Gasteiger partial charge >= 0.3 is 12.1 Å². The van der Waals surface area contributed by atoms with Crippen LogP contribution < -0.4 is 10.2 Å². The fraction of sp³-hybridized carbons (Fsp3) is 0.533. The number of anilines is 2. The van der Waals surface area contributed by atoms with Crippen LogP contribution in [0.4, 0.5) is 24.5 Å². The number of carbonyl (C=O) groups is 2. The molecule has 0 saturated carbocycles. The van der Waals surface area contributed by atoms with Crippen LogP contribution in [-0.4, -0.2) is 49.0 Å². The first kappa shape index (κ1) is 30.5. The van der Waals surface area contributed by atoms with Crippen molar-refractivity contribution in [3.63, 3.8) is 0 Å². The molecular weight excluding hydrogens is 509 g/mol. The van der Waals surface area contributed by atoms with Crippen LogP contribution in [-0.2, 0) is 20.7 Å². The highest BCUT2D eigenvalue weighted by Crippen LogP contribution is 2.37. The predicted molar refractivity (Wildman–Crippen MR) is 146 cm³/mol. The summed E-state index contributed by atoms with van der Waals surface area (Å²) < 4.78 is 44.6. The van der Waals surface area contributed by atoms with E-state index in [1.54, 1.807) is 12.1 Å². The lowest BCUT2D eigenvalue weighted by Gasteiger charge is -2.38. The van der Waals surface area contributed by atoms with Crippen molar-refractivity contribution in [2.75, 3.05) is 30.0 Å². The standard InChI is InChI=1S/C30H39F3N2O4/c1-20(2)19-35(25-11-14-39-15-12-25)27-9-8-23(24(18-29(37)38)10-13-30(31,32)33)17-26(27)34-28(36)16-22-6-4-21(3)5-7-22/h4-9,17,20,24-25H,10-16,18-19H2,1-3H3,(H,34,36)(H,37,38). The Bertz CT molecular complexity index is 1100. The fourth-order valence-corrected chi connectivity index (χ4v) is 5.01. The van der Waals surface area contributed by atoms with Crippen LogP contribution in [0.15, 0.2) is 42.5 Å². The minimum atomic E-state index is -4.39. The molecule has 3 rings (SSSR count). The molecule has 2 N–H and O–H groups in total. The molecule has 1 amide bonds. The molecule has 1 heterocycles. The monoisotopic (exact) mass is 548 g/mol. The first-order valence-corrected chi connectivity index (χ1v) is 13.5. The third-order valence-corrected chi connectivity index (χ3v) is 6.95. The summed E-state index contributed by atoms with van der Waals surface area (Å²) in [5.41, 5.74) is 3.65. The zero-order valence-electron chi connectivity index (χ0n) is 22.9. The molecule has 0 radical (unpaired) electrons. The molecule has 0 aromatic heterocycles. The minimum absolute atomic E-state index is 0.137. The topological polar surface area (TPSA) is 78.9 Å². The number of hydrogen-bond acceptors (Lipinski definition) is 4. The Morgan fingerprint density at radius 3 is 2.36 bits per heavy atom. The lowest BCUT2D eigenvalue weighted by atomic mass is 9.90. The molecule has 9 heteroatoms. The van der Waals surface area contributed by atoms with E-state index >= 15 is 0 Å². The van der Waals surface area contributed by atoms with E-state index in [4.69, 9.17) is 4.74 Å².